The van der Waals surface area contributed by atoms with Gasteiger partial charge in [-0.25, -0.2) is 4.98 Å². The van der Waals surface area contributed by atoms with Crippen LogP contribution in [0, 0.1) is 11.3 Å². The first-order chi connectivity index (χ1) is 15.8. The Bertz CT molecular complexity index is 1180. The number of halogens is 1. The first kappa shape index (κ1) is 23.4. The summed E-state index contributed by atoms with van der Waals surface area (Å²) in [4.78, 5) is 21.0. The topological polar surface area (TPSA) is 69.0 Å². The number of carbonyl (C=O) groups is 1. The van der Waals surface area contributed by atoms with Crippen molar-refractivity contribution in [1.82, 2.24) is 9.88 Å². The van der Waals surface area contributed by atoms with E-state index in [1.807, 2.05) is 50.2 Å². The van der Waals surface area contributed by atoms with E-state index in [4.69, 9.17) is 16.6 Å². The fraction of sp³-hybridized carbons (Fsp3) is 0.346. The Kier molecular flexibility index (Phi) is 6.85. The highest BCUT2D eigenvalue weighted by Gasteiger charge is 2.33. The minimum absolute atomic E-state index is 0.0826. The molecule has 1 aromatic heterocycles. The molecule has 7 heteroatoms. The van der Waals surface area contributed by atoms with Gasteiger partial charge in [0.1, 0.15) is 0 Å². The molecule has 5 nitrogen and oxygen atoms in total. The van der Waals surface area contributed by atoms with Gasteiger partial charge >= 0.3 is 0 Å². The molecule has 1 N–H and O–H groups in total. The summed E-state index contributed by atoms with van der Waals surface area (Å²) >= 11 is 7.58. The third-order valence-corrected chi connectivity index (χ3v) is 7.31. The Morgan fingerprint density at radius 2 is 1.88 bits per heavy atom. The number of nitriles is 1. The third kappa shape index (κ3) is 5.27. The van der Waals surface area contributed by atoms with Crippen LogP contribution in [0.2, 0.25) is 5.02 Å². The number of nitrogens with zero attached hydrogens (tertiary/aromatic N) is 3. The van der Waals surface area contributed by atoms with Gasteiger partial charge in [0.15, 0.2) is 5.13 Å². The molecule has 33 heavy (non-hydrogen) atoms. The number of rotatable bonds is 7. The molecule has 1 atom stereocenters. The van der Waals surface area contributed by atoms with Crippen molar-refractivity contribution >= 4 is 34.0 Å². The van der Waals surface area contributed by atoms with Crippen molar-refractivity contribution in [3.8, 4) is 6.07 Å². The van der Waals surface area contributed by atoms with Crippen LogP contribution in [-0.4, -0.2) is 15.8 Å². The highest BCUT2D eigenvalue weighted by Crippen LogP contribution is 2.41. The molecular weight excluding hydrogens is 452 g/mol. The number of nitrogens with one attached hydrogen (secondary N) is 1. The van der Waals surface area contributed by atoms with E-state index in [2.05, 4.69) is 35.3 Å². The summed E-state index contributed by atoms with van der Waals surface area (Å²) < 4.78 is 0. The summed E-state index contributed by atoms with van der Waals surface area (Å²) in [5, 5.41) is 13.7. The van der Waals surface area contributed by atoms with Crippen LogP contribution in [0.4, 0.5) is 5.13 Å². The van der Waals surface area contributed by atoms with Crippen molar-refractivity contribution < 1.29 is 4.79 Å². The van der Waals surface area contributed by atoms with E-state index in [0.29, 0.717) is 5.13 Å². The highest BCUT2D eigenvalue weighted by molar-refractivity contribution is 7.15. The second-order valence-corrected chi connectivity index (χ2v) is 10.5. The van der Waals surface area contributed by atoms with E-state index in [1.165, 1.54) is 10.4 Å². The highest BCUT2D eigenvalue weighted by atomic mass is 35.5. The minimum atomic E-state index is -0.542. The van der Waals surface area contributed by atoms with Crippen LogP contribution in [0.1, 0.15) is 60.5 Å². The molecule has 4 rings (SSSR count). The summed E-state index contributed by atoms with van der Waals surface area (Å²) in [5.74, 6) is -0.0826. The van der Waals surface area contributed by atoms with E-state index in [9.17, 15) is 10.1 Å². The van der Waals surface area contributed by atoms with E-state index in [-0.39, 0.29) is 18.4 Å². The van der Waals surface area contributed by atoms with Crippen molar-refractivity contribution in [2.24, 2.45) is 0 Å². The molecule has 3 aromatic rings. The molecule has 2 heterocycles. The van der Waals surface area contributed by atoms with Gasteiger partial charge in [-0.2, -0.15) is 5.26 Å². The quantitative estimate of drug-likeness (QED) is 0.436. The summed E-state index contributed by atoms with van der Waals surface area (Å²) in [7, 11) is 0. The maximum absolute atomic E-state index is 12.6. The van der Waals surface area contributed by atoms with Crippen molar-refractivity contribution in [2.45, 2.75) is 58.2 Å². The van der Waals surface area contributed by atoms with E-state index in [1.54, 1.807) is 11.3 Å². The number of thiazole rings is 1. The first-order valence-corrected chi connectivity index (χ1v) is 12.3. The third-order valence-electron chi connectivity index (χ3n) is 6.08. The SMILES string of the molecule is CC[C@H]1c2nc(NC(=O)Cc3ccc(C(C)(C)C#N)cc3)sc2CN1Cc1ccc(Cl)cc1. The van der Waals surface area contributed by atoms with Crippen LogP contribution < -0.4 is 5.32 Å². The zero-order chi connectivity index (χ0) is 23.6. The normalized spacial score (nSPS) is 15.8. The summed E-state index contributed by atoms with van der Waals surface area (Å²) in [6.45, 7) is 7.62. The molecule has 0 saturated heterocycles. The number of anilines is 1. The number of benzene rings is 2. The molecule has 0 spiro atoms. The number of hydrogen-bond acceptors (Lipinski definition) is 5. The first-order valence-electron chi connectivity index (χ1n) is 11.1. The molecule has 0 bridgehead atoms. The van der Waals surface area contributed by atoms with Crippen LogP contribution in [0.15, 0.2) is 48.5 Å². The Balaban J connectivity index is 1.38. The maximum Gasteiger partial charge on any atom is 0.230 e. The lowest BCUT2D eigenvalue weighted by atomic mass is 9.86. The van der Waals surface area contributed by atoms with Crippen LogP contribution in [-0.2, 0) is 29.7 Å². The predicted molar refractivity (Wildman–Crippen MR) is 133 cm³/mol. The zero-order valence-corrected chi connectivity index (χ0v) is 20.6. The van der Waals surface area contributed by atoms with Gasteiger partial charge in [-0.1, -0.05) is 54.9 Å². The van der Waals surface area contributed by atoms with Gasteiger partial charge in [0.05, 0.1) is 29.6 Å². The Morgan fingerprint density at radius 1 is 1.21 bits per heavy atom. The van der Waals surface area contributed by atoms with Gasteiger partial charge in [-0.3, -0.25) is 9.69 Å². The number of amides is 1. The molecule has 0 unspecified atom stereocenters. The van der Waals surface area contributed by atoms with Gasteiger partial charge in [0, 0.05) is 23.0 Å². The number of hydrogen-bond donors (Lipinski definition) is 1. The molecule has 0 fully saturated rings. The summed E-state index contributed by atoms with van der Waals surface area (Å²) in [6, 6.07) is 18.2. The average Bonchev–Trinajstić information content (AvgIpc) is 3.31. The van der Waals surface area contributed by atoms with Gasteiger partial charge in [0.25, 0.3) is 0 Å². The maximum atomic E-state index is 12.6. The largest absolute Gasteiger partial charge is 0.302 e. The van der Waals surface area contributed by atoms with Crippen molar-refractivity contribution in [1.29, 1.82) is 5.26 Å². The summed E-state index contributed by atoms with van der Waals surface area (Å²) in [5.41, 5.74) is 3.62. The van der Waals surface area contributed by atoms with Crippen LogP contribution in [0.3, 0.4) is 0 Å². The van der Waals surface area contributed by atoms with E-state index in [0.717, 1.165) is 41.4 Å². The zero-order valence-electron chi connectivity index (χ0n) is 19.1. The van der Waals surface area contributed by atoms with E-state index >= 15 is 0 Å². The molecule has 170 valence electrons. The van der Waals surface area contributed by atoms with Gasteiger partial charge < -0.3 is 5.32 Å². The minimum Gasteiger partial charge on any atom is -0.302 e. The molecule has 0 radical (unpaired) electrons. The van der Waals surface area contributed by atoms with Crippen LogP contribution in [0.25, 0.3) is 0 Å². The van der Waals surface area contributed by atoms with Gasteiger partial charge in [-0.15, -0.1) is 11.3 Å². The number of carbonyl (C=O) groups excluding carboxylic acids is 1. The lowest BCUT2D eigenvalue weighted by molar-refractivity contribution is -0.115. The second kappa shape index (κ2) is 9.64. The Hall–Kier alpha value is -2.72. The molecule has 2 aromatic carbocycles. The molecule has 1 aliphatic rings. The summed E-state index contributed by atoms with van der Waals surface area (Å²) in [6.07, 6.45) is 1.24. The lowest BCUT2D eigenvalue weighted by Crippen LogP contribution is -2.22. The molecular formula is C26H27ClN4OS. The van der Waals surface area contributed by atoms with Gasteiger partial charge in [-0.05, 0) is 49.1 Å². The molecule has 0 aliphatic carbocycles. The standard InChI is InChI=1S/C26H27ClN4OS/c1-4-21-24-22(15-31(21)14-18-7-11-20(27)12-8-18)33-25(30-24)29-23(32)13-17-5-9-19(10-6-17)26(2,3)16-28/h5-12,21H,4,13-15H2,1-3H3,(H,29,30,32)/t21-/m0/s1. The van der Waals surface area contributed by atoms with Crippen molar-refractivity contribution in [2.75, 3.05) is 5.32 Å². The number of fused-ring (bicyclic) bond motifs is 1. The fourth-order valence-corrected chi connectivity index (χ4v) is 5.34. The Labute approximate surface area is 204 Å². The monoisotopic (exact) mass is 478 g/mol. The van der Waals surface area contributed by atoms with E-state index < -0.39 is 5.41 Å². The van der Waals surface area contributed by atoms with Crippen molar-refractivity contribution in [3.63, 3.8) is 0 Å². The second-order valence-electron chi connectivity index (χ2n) is 8.94. The van der Waals surface area contributed by atoms with Crippen molar-refractivity contribution in [3.05, 3.63) is 80.8 Å². The van der Waals surface area contributed by atoms with Crippen LogP contribution >= 0.6 is 22.9 Å². The number of aromatic nitrogens is 1. The van der Waals surface area contributed by atoms with Crippen LogP contribution in [0.5, 0.6) is 0 Å². The predicted octanol–water partition coefficient (Wildman–Crippen LogP) is 6.25. The lowest BCUT2D eigenvalue weighted by Gasteiger charge is -2.23. The van der Waals surface area contributed by atoms with Gasteiger partial charge in [0.2, 0.25) is 5.91 Å². The molecule has 1 amide bonds. The average molecular weight is 479 g/mol. The Morgan fingerprint density at radius 3 is 2.52 bits per heavy atom. The smallest absolute Gasteiger partial charge is 0.230 e. The molecule has 0 saturated carbocycles. The fourth-order valence-electron chi connectivity index (χ4n) is 4.15. The molecule has 1 aliphatic heterocycles.